The molecule has 0 aliphatic heterocycles. The minimum absolute atomic E-state index is 0.0997. The lowest BCUT2D eigenvalue weighted by Crippen LogP contribution is -2.25. The molecule has 7 nitrogen and oxygen atoms in total. The molecule has 0 bridgehead atoms. The van der Waals surface area contributed by atoms with E-state index in [1.165, 1.54) is 0 Å². The number of halogens is 1. The van der Waals surface area contributed by atoms with Crippen LogP contribution in [-0.2, 0) is 24.4 Å². The molecule has 0 radical (unpaired) electrons. The van der Waals surface area contributed by atoms with Gasteiger partial charge in [0.1, 0.15) is 12.4 Å². The number of nitrogens with one attached hydrogen (secondary N) is 2. The summed E-state index contributed by atoms with van der Waals surface area (Å²) in [5, 5.41) is 10.3. The smallest absolute Gasteiger partial charge is 0.228 e. The standard InChI is InChI=1S/C17H16ClN5O2/c18-13-1-3-14(4-2-13)25-11-16-21-15(22-23-16)9-17(24)20-10-12-5-7-19-8-6-12/h1-8H,9-11H2,(H,20,24)(H,21,22,23). The number of carbonyl (C=O) groups is 1. The number of nitrogens with zero attached hydrogens (tertiary/aromatic N) is 3. The molecule has 3 rings (SSSR count). The van der Waals surface area contributed by atoms with Gasteiger partial charge in [-0.1, -0.05) is 11.6 Å². The third kappa shape index (κ3) is 5.29. The van der Waals surface area contributed by atoms with Crippen LogP contribution in [0.3, 0.4) is 0 Å². The molecular formula is C17H16ClN5O2. The third-order valence-corrected chi connectivity index (χ3v) is 3.58. The quantitative estimate of drug-likeness (QED) is 0.676. The fourth-order valence-corrected chi connectivity index (χ4v) is 2.19. The maximum absolute atomic E-state index is 11.9. The van der Waals surface area contributed by atoms with Gasteiger partial charge < -0.3 is 10.1 Å². The molecule has 0 unspecified atom stereocenters. The lowest BCUT2D eigenvalue weighted by Gasteiger charge is -2.03. The summed E-state index contributed by atoms with van der Waals surface area (Å²) in [5.74, 6) is 1.49. The topological polar surface area (TPSA) is 92.8 Å². The molecule has 3 aromatic rings. The van der Waals surface area contributed by atoms with Crippen molar-refractivity contribution < 1.29 is 9.53 Å². The normalized spacial score (nSPS) is 10.4. The van der Waals surface area contributed by atoms with E-state index < -0.39 is 0 Å². The summed E-state index contributed by atoms with van der Waals surface area (Å²) < 4.78 is 5.57. The number of aromatic nitrogens is 4. The van der Waals surface area contributed by atoms with E-state index in [2.05, 4.69) is 25.5 Å². The molecule has 2 aromatic heterocycles. The molecule has 1 aromatic carbocycles. The summed E-state index contributed by atoms with van der Waals surface area (Å²) in [6.07, 6.45) is 3.47. The largest absolute Gasteiger partial charge is 0.486 e. The van der Waals surface area contributed by atoms with Crippen molar-refractivity contribution in [1.29, 1.82) is 0 Å². The minimum Gasteiger partial charge on any atom is -0.486 e. The Balaban J connectivity index is 1.46. The summed E-state index contributed by atoms with van der Waals surface area (Å²) >= 11 is 5.82. The number of aromatic amines is 1. The number of carbonyl (C=O) groups excluding carboxylic acids is 1. The molecule has 128 valence electrons. The molecule has 0 aliphatic carbocycles. The predicted molar refractivity (Wildman–Crippen MR) is 92.0 cm³/mol. The van der Waals surface area contributed by atoms with Crippen LogP contribution < -0.4 is 10.1 Å². The van der Waals surface area contributed by atoms with Crippen LogP contribution in [0, 0.1) is 0 Å². The second-order valence-corrected chi connectivity index (χ2v) is 5.69. The number of benzene rings is 1. The van der Waals surface area contributed by atoms with E-state index in [9.17, 15) is 4.79 Å². The second-order valence-electron chi connectivity index (χ2n) is 5.25. The van der Waals surface area contributed by atoms with Gasteiger partial charge in [-0.25, -0.2) is 4.98 Å². The second kappa shape index (κ2) is 8.25. The molecule has 0 atom stereocenters. The maximum Gasteiger partial charge on any atom is 0.228 e. The molecule has 0 saturated heterocycles. The van der Waals surface area contributed by atoms with E-state index in [0.29, 0.717) is 29.0 Å². The summed E-state index contributed by atoms with van der Waals surface area (Å²) in [6.45, 7) is 0.672. The molecular weight excluding hydrogens is 342 g/mol. The molecule has 0 fully saturated rings. The van der Waals surface area contributed by atoms with Crippen LogP contribution in [0.15, 0.2) is 48.8 Å². The zero-order chi connectivity index (χ0) is 17.5. The van der Waals surface area contributed by atoms with Crippen LogP contribution in [0.1, 0.15) is 17.2 Å². The Morgan fingerprint density at radius 1 is 1.16 bits per heavy atom. The Kier molecular flexibility index (Phi) is 5.58. The van der Waals surface area contributed by atoms with E-state index >= 15 is 0 Å². The van der Waals surface area contributed by atoms with Crippen LogP contribution in [-0.4, -0.2) is 26.1 Å². The van der Waals surface area contributed by atoms with E-state index in [1.54, 1.807) is 36.7 Å². The van der Waals surface area contributed by atoms with Crippen LogP contribution in [0.4, 0.5) is 0 Å². The van der Waals surface area contributed by atoms with Gasteiger partial charge in [-0.15, -0.1) is 0 Å². The minimum atomic E-state index is -0.152. The van der Waals surface area contributed by atoms with Crippen molar-refractivity contribution in [3.63, 3.8) is 0 Å². The van der Waals surface area contributed by atoms with Gasteiger partial charge in [-0.3, -0.25) is 14.9 Å². The maximum atomic E-state index is 11.9. The predicted octanol–water partition coefficient (Wildman–Crippen LogP) is 2.29. The highest BCUT2D eigenvalue weighted by Crippen LogP contribution is 2.16. The van der Waals surface area contributed by atoms with Gasteiger partial charge in [0.05, 0.1) is 6.42 Å². The highest BCUT2D eigenvalue weighted by Gasteiger charge is 2.09. The third-order valence-electron chi connectivity index (χ3n) is 3.32. The van der Waals surface area contributed by atoms with Crippen molar-refractivity contribution in [2.45, 2.75) is 19.6 Å². The number of rotatable bonds is 7. The fraction of sp³-hybridized carbons (Fsp3) is 0.176. The first-order valence-corrected chi connectivity index (χ1v) is 8.01. The molecule has 25 heavy (non-hydrogen) atoms. The Labute approximate surface area is 149 Å². The van der Waals surface area contributed by atoms with Crippen molar-refractivity contribution in [3.05, 3.63) is 71.0 Å². The molecule has 2 heterocycles. The number of hydrogen-bond donors (Lipinski definition) is 2. The van der Waals surface area contributed by atoms with E-state index in [1.807, 2.05) is 12.1 Å². The Hall–Kier alpha value is -2.93. The average molecular weight is 358 g/mol. The number of pyridine rings is 1. The summed E-state index contributed by atoms with van der Waals surface area (Å²) in [7, 11) is 0. The van der Waals surface area contributed by atoms with Crippen LogP contribution >= 0.6 is 11.6 Å². The van der Waals surface area contributed by atoms with E-state index in [0.717, 1.165) is 5.56 Å². The zero-order valence-corrected chi connectivity index (χ0v) is 14.0. The van der Waals surface area contributed by atoms with Crippen molar-refractivity contribution >= 4 is 17.5 Å². The van der Waals surface area contributed by atoms with Crippen LogP contribution in [0.2, 0.25) is 5.02 Å². The Morgan fingerprint density at radius 2 is 1.92 bits per heavy atom. The van der Waals surface area contributed by atoms with Crippen molar-refractivity contribution in [3.8, 4) is 5.75 Å². The molecule has 2 N–H and O–H groups in total. The summed E-state index contributed by atoms with van der Waals surface area (Å²) in [6, 6.07) is 10.7. The Morgan fingerprint density at radius 3 is 2.68 bits per heavy atom. The fourth-order valence-electron chi connectivity index (χ4n) is 2.07. The van der Waals surface area contributed by atoms with Crippen molar-refractivity contribution in [2.24, 2.45) is 0 Å². The van der Waals surface area contributed by atoms with Gasteiger partial charge in [0.15, 0.2) is 11.6 Å². The summed E-state index contributed by atoms with van der Waals surface area (Å²) in [4.78, 5) is 20.1. The van der Waals surface area contributed by atoms with Gasteiger partial charge in [0, 0.05) is 24.0 Å². The molecule has 0 spiro atoms. The van der Waals surface area contributed by atoms with Gasteiger partial charge in [0.2, 0.25) is 5.91 Å². The molecule has 8 heteroatoms. The first-order chi connectivity index (χ1) is 12.2. The van der Waals surface area contributed by atoms with Gasteiger partial charge in [-0.2, -0.15) is 5.10 Å². The van der Waals surface area contributed by atoms with Crippen molar-refractivity contribution in [2.75, 3.05) is 0 Å². The highest BCUT2D eigenvalue weighted by atomic mass is 35.5. The van der Waals surface area contributed by atoms with E-state index in [4.69, 9.17) is 16.3 Å². The molecule has 0 aliphatic rings. The number of H-pyrrole nitrogens is 1. The number of ether oxygens (including phenoxy) is 1. The lowest BCUT2D eigenvalue weighted by molar-refractivity contribution is -0.120. The monoisotopic (exact) mass is 357 g/mol. The molecule has 1 amide bonds. The first kappa shape index (κ1) is 16.9. The number of amides is 1. The van der Waals surface area contributed by atoms with Crippen LogP contribution in [0.5, 0.6) is 5.75 Å². The van der Waals surface area contributed by atoms with E-state index in [-0.39, 0.29) is 18.9 Å². The van der Waals surface area contributed by atoms with Crippen molar-refractivity contribution in [1.82, 2.24) is 25.5 Å². The lowest BCUT2D eigenvalue weighted by atomic mass is 10.2. The molecule has 0 saturated carbocycles. The van der Waals surface area contributed by atoms with Crippen LogP contribution in [0.25, 0.3) is 0 Å². The van der Waals surface area contributed by atoms with Gasteiger partial charge in [0.25, 0.3) is 0 Å². The van der Waals surface area contributed by atoms with Gasteiger partial charge >= 0.3 is 0 Å². The number of hydrogen-bond acceptors (Lipinski definition) is 5. The zero-order valence-electron chi connectivity index (χ0n) is 13.3. The SMILES string of the molecule is O=C(Cc1n[nH]c(COc2ccc(Cl)cc2)n1)NCc1ccncc1. The first-order valence-electron chi connectivity index (χ1n) is 7.63. The Bertz CT molecular complexity index is 821. The summed E-state index contributed by atoms with van der Waals surface area (Å²) in [5.41, 5.74) is 0.982. The van der Waals surface area contributed by atoms with Gasteiger partial charge in [-0.05, 0) is 42.0 Å². The average Bonchev–Trinajstić information content (AvgIpc) is 3.08. The highest BCUT2D eigenvalue weighted by molar-refractivity contribution is 6.30.